The third-order valence-corrected chi connectivity index (χ3v) is 3.82. The second kappa shape index (κ2) is 5.74. The lowest BCUT2D eigenvalue weighted by atomic mass is 9.94. The fourth-order valence-electron chi connectivity index (χ4n) is 2.59. The van der Waals surface area contributed by atoms with Crippen LogP contribution in [0, 0.1) is 0 Å². The van der Waals surface area contributed by atoms with Gasteiger partial charge in [-0.1, -0.05) is 31.4 Å². The monoisotopic (exact) mass is 235 g/mol. The van der Waals surface area contributed by atoms with E-state index in [0.29, 0.717) is 0 Å². The molecule has 1 aromatic carbocycles. The van der Waals surface area contributed by atoms with Gasteiger partial charge in [0.1, 0.15) is 0 Å². The summed E-state index contributed by atoms with van der Waals surface area (Å²) in [4.78, 5) is 3.57. The SMILES string of the molecule is CN(Cc1cccc(S)c1)C1CCCCC1. The molecule has 0 aromatic heterocycles. The van der Waals surface area contributed by atoms with E-state index in [-0.39, 0.29) is 0 Å². The third-order valence-electron chi connectivity index (χ3n) is 3.54. The van der Waals surface area contributed by atoms with Crippen molar-refractivity contribution in [3.63, 3.8) is 0 Å². The summed E-state index contributed by atoms with van der Waals surface area (Å²) < 4.78 is 0. The Bertz CT molecular complexity index is 331. The van der Waals surface area contributed by atoms with Crippen molar-refractivity contribution < 1.29 is 0 Å². The molecular formula is C14H21NS. The van der Waals surface area contributed by atoms with Crippen molar-refractivity contribution in [1.82, 2.24) is 4.90 Å². The molecule has 1 saturated carbocycles. The van der Waals surface area contributed by atoms with Crippen molar-refractivity contribution in [2.24, 2.45) is 0 Å². The van der Waals surface area contributed by atoms with Gasteiger partial charge >= 0.3 is 0 Å². The minimum absolute atomic E-state index is 0.789. The van der Waals surface area contributed by atoms with Crippen LogP contribution >= 0.6 is 12.6 Å². The molecule has 2 heteroatoms. The van der Waals surface area contributed by atoms with Crippen molar-refractivity contribution in [2.45, 2.75) is 49.6 Å². The zero-order valence-corrected chi connectivity index (χ0v) is 10.9. The summed E-state index contributed by atoms with van der Waals surface area (Å²) in [5, 5.41) is 0. The van der Waals surface area contributed by atoms with E-state index in [1.54, 1.807) is 0 Å². The van der Waals surface area contributed by atoms with Gasteiger partial charge in [-0.25, -0.2) is 0 Å². The second-order valence-corrected chi connectivity index (χ2v) is 5.39. The Kier molecular flexibility index (Phi) is 4.30. The fraction of sp³-hybridized carbons (Fsp3) is 0.571. The number of rotatable bonds is 3. The molecular weight excluding hydrogens is 214 g/mol. The maximum atomic E-state index is 4.39. The molecule has 1 aromatic rings. The molecule has 0 amide bonds. The van der Waals surface area contributed by atoms with E-state index >= 15 is 0 Å². The van der Waals surface area contributed by atoms with Crippen LogP contribution in [0.25, 0.3) is 0 Å². The number of benzene rings is 1. The van der Waals surface area contributed by atoms with Crippen LogP contribution in [0.15, 0.2) is 29.2 Å². The topological polar surface area (TPSA) is 3.24 Å². The zero-order chi connectivity index (χ0) is 11.4. The first kappa shape index (κ1) is 12.0. The second-order valence-electron chi connectivity index (χ2n) is 4.88. The van der Waals surface area contributed by atoms with Crippen LogP contribution in [-0.4, -0.2) is 18.0 Å². The lowest BCUT2D eigenvalue weighted by molar-refractivity contribution is 0.184. The first-order valence-electron chi connectivity index (χ1n) is 6.24. The molecule has 0 unspecified atom stereocenters. The minimum Gasteiger partial charge on any atom is -0.299 e. The first-order valence-corrected chi connectivity index (χ1v) is 6.68. The standard InChI is InChI=1S/C14H21NS/c1-15(13-7-3-2-4-8-13)11-12-6-5-9-14(16)10-12/h5-6,9-10,13,16H,2-4,7-8,11H2,1H3. The van der Waals surface area contributed by atoms with Crippen LogP contribution in [-0.2, 0) is 6.54 Å². The van der Waals surface area contributed by atoms with E-state index in [9.17, 15) is 0 Å². The van der Waals surface area contributed by atoms with Gasteiger partial charge in [0.05, 0.1) is 0 Å². The van der Waals surface area contributed by atoms with Crippen LogP contribution in [0.4, 0.5) is 0 Å². The van der Waals surface area contributed by atoms with E-state index in [2.05, 4.69) is 42.8 Å². The van der Waals surface area contributed by atoms with Gasteiger partial charge in [-0.2, -0.15) is 0 Å². The third kappa shape index (κ3) is 3.26. The summed E-state index contributed by atoms with van der Waals surface area (Å²) in [7, 11) is 2.25. The molecule has 0 heterocycles. The Labute approximate surface area is 104 Å². The van der Waals surface area contributed by atoms with Crippen LogP contribution in [0.2, 0.25) is 0 Å². The van der Waals surface area contributed by atoms with E-state index in [1.165, 1.54) is 37.7 Å². The van der Waals surface area contributed by atoms with E-state index in [1.807, 2.05) is 6.07 Å². The lowest BCUT2D eigenvalue weighted by Crippen LogP contribution is -2.32. The van der Waals surface area contributed by atoms with Crippen LogP contribution in [0.3, 0.4) is 0 Å². The molecule has 0 N–H and O–H groups in total. The van der Waals surface area contributed by atoms with Gasteiger partial charge in [0.2, 0.25) is 0 Å². The van der Waals surface area contributed by atoms with Crippen molar-refractivity contribution in [2.75, 3.05) is 7.05 Å². The molecule has 0 aliphatic heterocycles. The summed E-state index contributed by atoms with van der Waals surface area (Å²) in [5.74, 6) is 0. The Morgan fingerprint density at radius 3 is 2.69 bits per heavy atom. The fourth-order valence-corrected chi connectivity index (χ4v) is 2.85. The van der Waals surface area contributed by atoms with Gasteiger partial charge in [-0.05, 0) is 37.6 Å². The molecule has 16 heavy (non-hydrogen) atoms. The van der Waals surface area contributed by atoms with Crippen molar-refractivity contribution >= 4 is 12.6 Å². The molecule has 88 valence electrons. The molecule has 1 fully saturated rings. The molecule has 0 spiro atoms. The number of thiol groups is 1. The van der Waals surface area contributed by atoms with Crippen molar-refractivity contribution in [1.29, 1.82) is 0 Å². The van der Waals surface area contributed by atoms with E-state index < -0.39 is 0 Å². The maximum absolute atomic E-state index is 4.39. The zero-order valence-electron chi connectivity index (χ0n) is 10.0. The molecule has 0 bridgehead atoms. The highest BCUT2D eigenvalue weighted by Gasteiger charge is 2.17. The van der Waals surface area contributed by atoms with Gasteiger partial charge in [0, 0.05) is 17.5 Å². The van der Waals surface area contributed by atoms with E-state index in [4.69, 9.17) is 0 Å². The molecule has 1 aliphatic rings. The Morgan fingerprint density at radius 2 is 2.00 bits per heavy atom. The molecule has 1 nitrogen and oxygen atoms in total. The Balaban J connectivity index is 1.93. The average Bonchev–Trinajstić information content (AvgIpc) is 2.30. The minimum atomic E-state index is 0.789. The molecule has 0 atom stereocenters. The summed E-state index contributed by atoms with van der Waals surface area (Å²) in [5.41, 5.74) is 1.38. The maximum Gasteiger partial charge on any atom is 0.0234 e. The number of hydrogen-bond acceptors (Lipinski definition) is 2. The van der Waals surface area contributed by atoms with Crippen molar-refractivity contribution in [3.8, 4) is 0 Å². The number of nitrogens with zero attached hydrogens (tertiary/aromatic N) is 1. The van der Waals surface area contributed by atoms with Crippen LogP contribution in [0.5, 0.6) is 0 Å². The normalized spacial score (nSPS) is 17.9. The van der Waals surface area contributed by atoms with Crippen LogP contribution < -0.4 is 0 Å². The van der Waals surface area contributed by atoms with Gasteiger partial charge in [0.25, 0.3) is 0 Å². The predicted octanol–water partition coefficient (Wildman–Crippen LogP) is 3.74. The lowest BCUT2D eigenvalue weighted by Gasteiger charge is -2.31. The number of hydrogen-bond donors (Lipinski definition) is 1. The Hall–Kier alpha value is -0.470. The highest BCUT2D eigenvalue weighted by molar-refractivity contribution is 7.80. The Morgan fingerprint density at radius 1 is 1.25 bits per heavy atom. The van der Waals surface area contributed by atoms with Gasteiger partial charge in [-0.3, -0.25) is 4.90 Å². The summed E-state index contributed by atoms with van der Waals surface area (Å²) in [6.07, 6.45) is 6.98. The quantitative estimate of drug-likeness (QED) is 0.781. The highest BCUT2D eigenvalue weighted by Crippen LogP contribution is 2.23. The van der Waals surface area contributed by atoms with Gasteiger partial charge in [0.15, 0.2) is 0 Å². The van der Waals surface area contributed by atoms with Gasteiger partial charge < -0.3 is 0 Å². The highest BCUT2D eigenvalue weighted by atomic mass is 32.1. The summed E-state index contributed by atoms with van der Waals surface area (Å²) >= 11 is 4.39. The molecule has 2 rings (SSSR count). The summed E-state index contributed by atoms with van der Waals surface area (Å²) in [6, 6.07) is 9.28. The average molecular weight is 235 g/mol. The smallest absolute Gasteiger partial charge is 0.0234 e. The van der Waals surface area contributed by atoms with E-state index in [0.717, 1.165) is 17.5 Å². The largest absolute Gasteiger partial charge is 0.299 e. The molecule has 0 saturated heterocycles. The summed E-state index contributed by atoms with van der Waals surface area (Å²) in [6.45, 7) is 1.05. The molecule has 1 aliphatic carbocycles. The first-order chi connectivity index (χ1) is 7.75. The predicted molar refractivity (Wildman–Crippen MR) is 72.0 cm³/mol. The van der Waals surface area contributed by atoms with Crippen LogP contribution in [0.1, 0.15) is 37.7 Å². The molecule has 0 radical (unpaired) electrons. The van der Waals surface area contributed by atoms with Crippen molar-refractivity contribution in [3.05, 3.63) is 29.8 Å². The van der Waals surface area contributed by atoms with Gasteiger partial charge in [-0.15, -0.1) is 12.6 Å².